The quantitative estimate of drug-likeness (QED) is 0.552. The molecule has 0 bridgehead atoms. The fourth-order valence-corrected chi connectivity index (χ4v) is 2.29. The van der Waals surface area contributed by atoms with Gasteiger partial charge in [0.05, 0.1) is 31.8 Å². The van der Waals surface area contributed by atoms with Crippen LogP contribution in [0.3, 0.4) is 0 Å². The van der Waals surface area contributed by atoms with E-state index in [0.717, 1.165) is 0 Å². The summed E-state index contributed by atoms with van der Waals surface area (Å²) >= 11 is 5.35. The third-order valence-corrected chi connectivity index (χ3v) is 3.33. The van der Waals surface area contributed by atoms with Crippen molar-refractivity contribution in [2.75, 3.05) is 26.4 Å². The summed E-state index contributed by atoms with van der Waals surface area (Å²) in [5.41, 5.74) is -0.0667. The highest BCUT2D eigenvalue weighted by Crippen LogP contribution is 2.58. The minimum Gasteiger partial charge on any atom is -0.380 e. The smallest absolute Gasteiger partial charge is 0.380 e. The van der Waals surface area contributed by atoms with E-state index in [-0.39, 0.29) is 5.41 Å². The van der Waals surface area contributed by atoms with Crippen LogP contribution in [0, 0.1) is 5.41 Å². The standard InChI is InChI=1S/C5H8ClO4P/c6-11(7)9-3-5(4-10-11)1-8-2-5/h1-4H2. The fraction of sp³-hybridized carbons (Fsp3) is 1.00. The van der Waals surface area contributed by atoms with Crippen LogP contribution in [0.25, 0.3) is 0 Å². The van der Waals surface area contributed by atoms with E-state index in [9.17, 15) is 4.57 Å². The highest BCUT2D eigenvalue weighted by molar-refractivity contribution is 7.81. The molecule has 2 heterocycles. The maximum atomic E-state index is 10.9. The van der Waals surface area contributed by atoms with Gasteiger partial charge in [-0.15, -0.1) is 0 Å². The van der Waals surface area contributed by atoms with E-state index >= 15 is 0 Å². The Labute approximate surface area is 69.1 Å². The molecule has 2 aliphatic heterocycles. The highest BCUT2D eigenvalue weighted by atomic mass is 35.7. The molecule has 2 saturated heterocycles. The molecule has 2 fully saturated rings. The maximum absolute atomic E-state index is 10.9. The topological polar surface area (TPSA) is 44.8 Å². The molecule has 4 nitrogen and oxygen atoms in total. The van der Waals surface area contributed by atoms with Gasteiger partial charge in [-0.1, -0.05) is 0 Å². The molecule has 64 valence electrons. The first-order chi connectivity index (χ1) is 5.12. The molecule has 0 aromatic rings. The van der Waals surface area contributed by atoms with E-state index in [0.29, 0.717) is 26.4 Å². The summed E-state index contributed by atoms with van der Waals surface area (Å²) < 4.78 is 25.6. The molecule has 0 unspecified atom stereocenters. The highest BCUT2D eigenvalue weighted by Gasteiger charge is 2.46. The van der Waals surface area contributed by atoms with Crippen LogP contribution in [-0.2, 0) is 18.3 Å². The molecule has 0 atom stereocenters. The minimum absolute atomic E-state index is 0.0667. The molecule has 11 heavy (non-hydrogen) atoms. The summed E-state index contributed by atoms with van der Waals surface area (Å²) in [5, 5.41) is 0. The molecule has 1 spiro atoms. The van der Waals surface area contributed by atoms with Gasteiger partial charge in [-0.05, 0) is 0 Å². The summed E-state index contributed by atoms with van der Waals surface area (Å²) in [4.78, 5) is 0. The molecule has 0 aliphatic carbocycles. The van der Waals surface area contributed by atoms with Gasteiger partial charge in [0.25, 0.3) is 0 Å². The second-order valence-corrected chi connectivity index (χ2v) is 5.59. The van der Waals surface area contributed by atoms with E-state index < -0.39 is 6.95 Å². The Bertz CT molecular complexity index is 201. The predicted octanol–water partition coefficient (Wildman–Crippen LogP) is 1.40. The Morgan fingerprint density at radius 1 is 1.18 bits per heavy atom. The summed E-state index contributed by atoms with van der Waals surface area (Å²) in [5.74, 6) is 0. The Kier molecular flexibility index (Phi) is 1.78. The van der Waals surface area contributed by atoms with Gasteiger partial charge in [0.2, 0.25) is 0 Å². The van der Waals surface area contributed by atoms with Crippen molar-refractivity contribution in [3.63, 3.8) is 0 Å². The Morgan fingerprint density at radius 2 is 1.73 bits per heavy atom. The molecule has 6 heteroatoms. The minimum atomic E-state index is -3.23. The van der Waals surface area contributed by atoms with Crippen LogP contribution < -0.4 is 0 Å². The van der Waals surface area contributed by atoms with Gasteiger partial charge in [0, 0.05) is 11.2 Å². The fourth-order valence-electron chi connectivity index (χ4n) is 1.06. The molecular formula is C5H8ClO4P. The zero-order valence-corrected chi connectivity index (χ0v) is 7.44. The van der Waals surface area contributed by atoms with Crippen molar-refractivity contribution in [1.29, 1.82) is 0 Å². The lowest BCUT2D eigenvalue weighted by Crippen LogP contribution is -2.51. The molecule has 0 radical (unpaired) electrons. The van der Waals surface area contributed by atoms with Crippen molar-refractivity contribution in [3.05, 3.63) is 0 Å². The average molecular weight is 199 g/mol. The molecular weight excluding hydrogens is 190 g/mol. The van der Waals surface area contributed by atoms with Gasteiger partial charge in [0.1, 0.15) is 0 Å². The van der Waals surface area contributed by atoms with Gasteiger partial charge in [0.15, 0.2) is 0 Å². The number of ether oxygens (including phenoxy) is 1. The second-order valence-electron chi connectivity index (χ2n) is 2.97. The van der Waals surface area contributed by atoms with Gasteiger partial charge in [-0.2, -0.15) is 0 Å². The molecule has 0 saturated carbocycles. The number of halogens is 1. The third kappa shape index (κ3) is 1.46. The lowest BCUT2D eigenvalue weighted by Gasteiger charge is -2.43. The number of hydrogen-bond acceptors (Lipinski definition) is 4. The summed E-state index contributed by atoms with van der Waals surface area (Å²) in [6, 6.07) is 0. The number of hydrogen-bond donors (Lipinski definition) is 0. The van der Waals surface area contributed by atoms with Crippen molar-refractivity contribution in [2.45, 2.75) is 0 Å². The summed E-state index contributed by atoms with van der Waals surface area (Å²) in [7, 11) is 0. The van der Waals surface area contributed by atoms with Crippen molar-refractivity contribution in [3.8, 4) is 0 Å². The van der Waals surface area contributed by atoms with Gasteiger partial charge in [-0.25, -0.2) is 4.57 Å². The third-order valence-electron chi connectivity index (χ3n) is 1.87. The van der Waals surface area contributed by atoms with Crippen LogP contribution in [0.4, 0.5) is 0 Å². The Hall–Kier alpha value is 0.400. The summed E-state index contributed by atoms with van der Waals surface area (Å²) in [6.45, 7) is -1.23. The molecule has 2 aliphatic rings. The van der Waals surface area contributed by atoms with Crippen LogP contribution in [0.15, 0.2) is 0 Å². The first-order valence-corrected chi connectivity index (χ1v) is 5.73. The molecule has 0 aromatic heterocycles. The Morgan fingerprint density at radius 3 is 2.09 bits per heavy atom. The summed E-state index contributed by atoms with van der Waals surface area (Å²) in [6.07, 6.45) is 0. The van der Waals surface area contributed by atoms with E-state index in [2.05, 4.69) is 0 Å². The monoisotopic (exact) mass is 198 g/mol. The van der Waals surface area contributed by atoms with Crippen LogP contribution in [0.5, 0.6) is 0 Å². The molecule has 0 aromatic carbocycles. The lowest BCUT2D eigenvalue weighted by atomic mass is 9.88. The van der Waals surface area contributed by atoms with E-state index in [1.165, 1.54) is 0 Å². The zero-order valence-electron chi connectivity index (χ0n) is 5.79. The molecule has 0 N–H and O–H groups in total. The SMILES string of the molecule is O=P1(Cl)OCC2(COC2)CO1. The largest absolute Gasteiger partial charge is 0.424 e. The molecule has 2 rings (SSSR count). The number of rotatable bonds is 0. The second kappa shape index (κ2) is 2.44. The van der Waals surface area contributed by atoms with Gasteiger partial charge in [-0.3, -0.25) is 9.05 Å². The first kappa shape index (κ1) is 8.02. The maximum Gasteiger partial charge on any atom is 0.424 e. The Balaban J connectivity index is 1.99. The van der Waals surface area contributed by atoms with Crippen molar-refractivity contribution in [1.82, 2.24) is 0 Å². The molecule has 0 amide bonds. The van der Waals surface area contributed by atoms with Crippen LogP contribution in [0.1, 0.15) is 0 Å². The van der Waals surface area contributed by atoms with Crippen molar-refractivity contribution < 1.29 is 18.3 Å². The first-order valence-electron chi connectivity index (χ1n) is 3.29. The van der Waals surface area contributed by atoms with E-state index in [1.54, 1.807) is 0 Å². The normalized spacial score (nSPS) is 33.2. The van der Waals surface area contributed by atoms with Crippen molar-refractivity contribution >= 4 is 18.2 Å². The van der Waals surface area contributed by atoms with Crippen LogP contribution >= 0.6 is 18.2 Å². The van der Waals surface area contributed by atoms with Gasteiger partial charge < -0.3 is 4.74 Å². The lowest BCUT2D eigenvalue weighted by molar-refractivity contribution is -0.164. The van der Waals surface area contributed by atoms with E-state index in [4.69, 9.17) is 25.0 Å². The van der Waals surface area contributed by atoms with Crippen molar-refractivity contribution in [2.24, 2.45) is 5.41 Å². The van der Waals surface area contributed by atoms with Crippen LogP contribution in [0.2, 0.25) is 0 Å². The van der Waals surface area contributed by atoms with E-state index in [1.807, 2.05) is 0 Å². The zero-order chi connectivity index (χ0) is 7.95. The average Bonchev–Trinajstić information content (AvgIpc) is 1.84. The van der Waals surface area contributed by atoms with Gasteiger partial charge >= 0.3 is 6.95 Å². The van der Waals surface area contributed by atoms with Crippen LogP contribution in [-0.4, -0.2) is 26.4 Å². The predicted molar refractivity (Wildman–Crippen MR) is 38.6 cm³/mol.